The van der Waals surface area contributed by atoms with Crippen LogP contribution in [0, 0.1) is 11.7 Å². The number of nitrogens with one attached hydrogen (secondary N) is 1. The lowest BCUT2D eigenvalue weighted by Gasteiger charge is -2.21. The molecule has 17 heavy (non-hydrogen) atoms. The Morgan fingerprint density at radius 3 is 2.65 bits per heavy atom. The van der Waals surface area contributed by atoms with Gasteiger partial charge in [0, 0.05) is 23.0 Å². The lowest BCUT2D eigenvalue weighted by molar-refractivity contribution is 0.498. The second kappa shape index (κ2) is 4.58. The summed E-state index contributed by atoms with van der Waals surface area (Å²) in [5, 5.41) is 4.02. The molecule has 0 aliphatic heterocycles. The fourth-order valence-electron chi connectivity index (χ4n) is 2.48. The molecule has 0 heterocycles. The van der Waals surface area contributed by atoms with Gasteiger partial charge in [-0.2, -0.15) is 0 Å². The van der Waals surface area contributed by atoms with Crippen molar-refractivity contribution in [3.63, 3.8) is 0 Å². The summed E-state index contributed by atoms with van der Waals surface area (Å²) in [7, 11) is 0. The normalized spacial score (nSPS) is 27.5. The van der Waals surface area contributed by atoms with Gasteiger partial charge in [-0.25, -0.2) is 4.39 Å². The Bertz CT molecular complexity index is 419. The molecule has 0 spiro atoms. The summed E-state index contributed by atoms with van der Waals surface area (Å²) in [5.74, 6) is 0.343. The number of hydrogen-bond acceptors (Lipinski definition) is 1. The van der Waals surface area contributed by atoms with Crippen LogP contribution in [0.5, 0.6) is 0 Å². The van der Waals surface area contributed by atoms with Crippen molar-refractivity contribution < 1.29 is 4.39 Å². The van der Waals surface area contributed by atoms with Crippen LogP contribution in [-0.2, 0) is 5.41 Å². The molecular weight excluding hydrogens is 237 g/mol. The van der Waals surface area contributed by atoms with Crippen LogP contribution in [0.1, 0.15) is 32.8 Å². The Kier molecular flexibility index (Phi) is 3.46. The average molecular weight is 256 g/mol. The molecule has 1 aliphatic carbocycles. The fourth-order valence-corrected chi connectivity index (χ4v) is 2.84. The highest BCUT2D eigenvalue weighted by Gasteiger charge is 2.52. The molecule has 0 radical (unpaired) electrons. The summed E-state index contributed by atoms with van der Waals surface area (Å²) in [5.41, 5.74) is 1.19. The van der Waals surface area contributed by atoms with Crippen molar-refractivity contribution >= 4 is 11.6 Å². The first-order valence-corrected chi connectivity index (χ1v) is 6.52. The maximum Gasteiger partial charge on any atom is 0.124 e. The van der Waals surface area contributed by atoms with E-state index in [1.807, 2.05) is 6.07 Å². The summed E-state index contributed by atoms with van der Waals surface area (Å²) in [6.45, 7) is 7.40. The van der Waals surface area contributed by atoms with E-state index in [1.54, 1.807) is 0 Å². The first kappa shape index (κ1) is 12.8. The van der Waals surface area contributed by atoms with Crippen LogP contribution in [0.3, 0.4) is 0 Å². The van der Waals surface area contributed by atoms with Crippen LogP contribution in [0.2, 0.25) is 5.02 Å². The summed E-state index contributed by atoms with van der Waals surface area (Å²) >= 11 is 6.17. The van der Waals surface area contributed by atoms with E-state index in [2.05, 4.69) is 26.1 Å². The van der Waals surface area contributed by atoms with Gasteiger partial charge in [-0.15, -0.1) is 0 Å². The first-order valence-electron chi connectivity index (χ1n) is 6.14. The summed E-state index contributed by atoms with van der Waals surface area (Å²) in [6.07, 6.45) is 1.12. The fraction of sp³-hybridized carbons (Fsp3) is 0.571. The van der Waals surface area contributed by atoms with Gasteiger partial charge in [-0.3, -0.25) is 0 Å². The van der Waals surface area contributed by atoms with Crippen molar-refractivity contribution in [3.8, 4) is 0 Å². The van der Waals surface area contributed by atoms with Gasteiger partial charge in [0.2, 0.25) is 0 Å². The number of halogens is 2. The van der Waals surface area contributed by atoms with Crippen LogP contribution in [-0.4, -0.2) is 12.6 Å². The highest BCUT2D eigenvalue weighted by molar-refractivity contribution is 6.31. The second-order valence-electron chi connectivity index (χ2n) is 5.42. The SMILES string of the molecule is CC(C)NCC1(c2ccc(F)cc2Cl)CC1C. The predicted molar refractivity (Wildman–Crippen MR) is 70.0 cm³/mol. The van der Waals surface area contributed by atoms with Crippen LogP contribution < -0.4 is 5.32 Å². The molecule has 0 amide bonds. The van der Waals surface area contributed by atoms with Crippen molar-refractivity contribution in [1.29, 1.82) is 0 Å². The minimum atomic E-state index is -0.265. The zero-order valence-electron chi connectivity index (χ0n) is 10.6. The van der Waals surface area contributed by atoms with E-state index >= 15 is 0 Å². The molecule has 0 saturated heterocycles. The monoisotopic (exact) mass is 255 g/mol. The van der Waals surface area contributed by atoms with Gasteiger partial charge >= 0.3 is 0 Å². The minimum absolute atomic E-state index is 0.106. The zero-order valence-corrected chi connectivity index (χ0v) is 11.3. The van der Waals surface area contributed by atoms with Crippen molar-refractivity contribution in [2.45, 2.75) is 38.6 Å². The van der Waals surface area contributed by atoms with Crippen LogP contribution in [0.15, 0.2) is 18.2 Å². The molecule has 1 saturated carbocycles. The topological polar surface area (TPSA) is 12.0 Å². The van der Waals surface area contributed by atoms with Crippen LogP contribution in [0.25, 0.3) is 0 Å². The Morgan fingerprint density at radius 1 is 1.53 bits per heavy atom. The van der Waals surface area contributed by atoms with Gasteiger partial charge in [0.1, 0.15) is 5.82 Å². The maximum atomic E-state index is 13.1. The molecule has 2 unspecified atom stereocenters. The molecule has 1 fully saturated rings. The van der Waals surface area contributed by atoms with Crippen LogP contribution >= 0.6 is 11.6 Å². The molecule has 1 aromatic carbocycles. The van der Waals surface area contributed by atoms with Gasteiger partial charge in [0.05, 0.1) is 0 Å². The summed E-state index contributed by atoms with van der Waals surface area (Å²) in [4.78, 5) is 0. The Labute approximate surface area is 107 Å². The number of rotatable bonds is 4. The standard InChI is InChI=1S/C14H19ClFN/c1-9(2)17-8-14(7-10(14)3)12-5-4-11(16)6-13(12)15/h4-6,9-10,17H,7-8H2,1-3H3. The number of hydrogen-bond donors (Lipinski definition) is 1. The van der Waals surface area contributed by atoms with Crippen molar-refractivity contribution in [3.05, 3.63) is 34.6 Å². The van der Waals surface area contributed by atoms with Gasteiger partial charge in [0.15, 0.2) is 0 Å². The predicted octanol–water partition coefficient (Wildman–Crippen LogP) is 3.75. The first-order chi connectivity index (χ1) is 7.95. The Morgan fingerprint density at radius 2 is 2.18 bits per heavy atom. The second-order valence-corrected chi connectivity index (χ2v) is 5.83. The van der Waals surface area contributed by atoms with Crippen LogP contribution in [0.4, 0.5) is 4.39 Å². The van der Waals surface area contributed by atoms with E-state index in [0.717, 1.165) is 18.5 Å². The summed E-state index contributed by atoms with van der Waals surface area (Å²) < 4.78 is 13.1. The van der Waals surface area contributed by atoms with Gasteiger partial charge < -0.3 is 5.32 Å². The highest BCUT2D eigenvalue weighted by Crippen LogP contribution is 2.55. The van der Waals surface area contributed by atoms with Crippen molar-refractivity contribution in [1.82, 2.24) is 5.32 Å². The molecule has 0 aromatic heterocycles. The van der Waals surface area contributed by atoms with E-state index < -0.39 is 0 Å². The van der Waals surface area contributed by atoms with Crippen molar-refractivity contribution in [2.24, 2.45) is 5.92 Å². The van der Waals surface area contributed by atoms with Crippen molar-refractivity contribution in [2.75, 3.05) is 6.54 Å². The third-order valence-corrected chi connectivity index (χ3v) is 4.06. The van der Waals surface area contributed by atoms with E-state index in [-0.39, 0.29) is 11.2 Å². The molecule has 1 aliphatic rings. The molecule has 1 aromatic rings. The highest BCUT2D eigenvalue weighted by atomic mass is 35.5. The molecule has 94 valence electrons. The van der Waals surface area contributed by atoms with Gasteiger partial charge in [-0.1, -0.05) is 38.4 Å². The molecule has 3 heteroatoms. The lowest BCUT2D eigenvalue weighted by Crippen LogP contribution is -2.33. The van der Waals surface area contributed by atoms with E-state index in [1.165, 1.54) is 12.1 Å². The Hall–Kier alpha value is -0.600. The minimum Gasteiger partial charge on any atom is -0.314 e. The molecule has 1 N–H and O–H groups in total. The summed E-state index contributed by atoms with van der Waals surface area (Å²) in [6, 6.07) is 5.21. The molecule has 2 rings (SSSR count). The number of benzene rings is 1. The van der Waals surface area contributed by atoms with E-state index in [9.17, 15) is 4.39 Å². The van der Waals surface area contributed by atoms with E-state index in [0.29, 0.717) is 17.0 Å². The Balaban J connectivity index is 2.23. The van der Waals surface area contributed by atoms with Gasteiger partial charge in [0.25, 0.3) is 0 Å². The molecule has 2 atom stereocenters. The molecule has 1 nitrogen and oxygen atoms in total. The third kappa shape index (κ3) is 2.48. The van der Waals surface area contributed by atoms with Gasteiger partial charge in [-0.05, 0) is 30.0 Å². The molecule has 0 bridgehead atoms. The lowest BCUT2D eigenvalue weighted by atomic mass is 9.93. The smallest absolute Gasteiger partial charge is 0.124 e. The average Bonchev–Trinajstić information content (AvgIpc) is 2.87. The van der Waals surface area contributed by atoms with E-state index in [4.69, 9.17) is 11.6 Å². The largest absolute Gasteiger partial charge is 0.314 e. The third-order valence-electron chi connectivity index (χ3n) is 3.75. The maximum absolute atomic E-state index is 13.1. The molecular formula is C14H19ClFN. The quantitative estimate of drug-likeness (QED) is 0.864. The zero-order chi connectivity index (χ0) is 12.6.